The van der Waals surface area contributed by atoms with E-state index in [9.17, 15) is 19.5 Å². The largest absolute Gasteiger partial charge is 0.454 e. The van der Waals surface area contributed by atoms with E-state index in [1.165, 1.54) is 7.11 Å². The fourth-order valence-electron chi connectivity index (χ4n) is 5.60. The Morgan fingerprint density at radius 1 is 0.787 bits per heavy atom. The average molecular weight is 644 g/mol. The molecule has 3 aromatic carbocycles. The summed E-state index contributed by atoms with van der Waals surface area (Å²) in [6.45, 7) is -0.617. The Labute approximate surface area is 266 Å². The van der Waals surface area contributed by atoms with Crippen molar-refractivity contribution in [2.75, 3.05) is 25.8 Å². The number of aliphatic hydroxyl groups excluding tert-OH is 1. The van der Waals surface area contributed by atoms with Crippen LogP contribution in [0.4, 0.5) is 10.5 Å². The topological polar surface area (TPSA) is 180 Å². The molecule has 242 valence electrons. The van der Waals surface area contributed by atoms with Gasteiger partial charge in [-0.25, -0.2) is 14.4 Å². The number of hydrogen-bond acceptors (Lipinski definition) is 11. The van der Waals surface area contributed by atoms with E-state index in [1.807, 2.05) is 36.4 Å². The first-order valence-electron chi connectivity index (χ1n) is 14.6. The molecule has 1 saturated heterocycles. The zero-order valence-electron chi connectivity index (χ0n) is 24.8. The molecule has 4 N–H and O–H groups in total. The van der Waals surface area contributed by atoms with E-state index >= 15 is 0 Å². The first kappa shape index (κ1) is 30.1. The predicted molar refractivity (Wildman–Crippen MR) is 164 cm³/mol. The van der Waals surface area contributed by atoms with Gasteiger partial charge in [0.25, 0.3) is 0 Å². The SMILES string of the molecule is CO[C@H]1O[C@H](CO)[C@@H](OC(=O)Nc2ccc3c(c2)OCO3)[C@H](OC(=O)c2cc3ccccc3[nH]2)[C@H]1OC(=O)c1cc2ccccc2[nH]1. The van der Waals surface area contributed by atoms with E-state index < -0.39 is 55.3 Å². The van der Waals surface area contributed by atoms with E-state index in [0.717, 1.165) is 10.8 Å². The molecule has 5 atom stereocenters. The minimum Gasteiger partial charge on any atom is -0.454 e. The minimum atomic E-state index is -1.50. The number of fused-ring (bicyclic) bond motifs is 3. The van der Waals surface area contributed by atoms with E-state index in [4.69, 9.17) is 33.2 Å². The lowest BCUT2D eigenvalue weighted by atomic mass is 9.98. The van der Waals surface area contributed by atoms with Gasteiger partial charge in [0.15, 0.2) is 36.1 Å². The summed E-state index contributed by atoms with van der Waals surface area (Å²) in [6, 6.07) is 22.4. The van der Waals surface area contributed by atoms with Gasteiger partial charge >= 0.3 is 18.0 Å². The Bertz CT molecular complexity index is 1890. The lowest BCUT2D eigenvalue weighted by Crippen LogP contribution is -2.63. The van der Waals surface area contributed by atoms with E-state index in [-0.39, 0.29) is 18.2 Å². The van der Waals surface area contributed by atoms with Crippen molar-refractivity contribution in [2.24, 2.45) is 0 Å². The zero-order valence-corrected chi connectivity index (χ0v) is 24.8. The lowest BCUT2D eigenvalue weighted by Gasteiger charge is -2.43. The maximum Gasteiger partial charge on any atom is 0.412 e. The summed E-state index contributed by atoms with van der Waals surface area (Å²) in [5.74, 6) is -0.709. The van der Waals surface area contributed by atoms with Crippen molar-refractivity contribution >= 4 is 45.5 Å². The van der Waals surface area contributed by atoms with Crippen molar-refractivity contribution in [3.8, 4) is 11.5 Å². The molecule has 1 fully saturated rings. The van der Waals surface area contributed by atoms with Crippen LogP contribution in [0, 0.1) is 0 Å². The molecule has 47 heavy (non-hydrogen) atoms. The molecule has 14 nitrogen and oxygen atoms in total. The summed E-state index contributed by atoms with van der Waals surface area (Å²) >= 11 is 0. The molecule has 0 saturated carbocycles. The van der Waals surface area contributed by atoms with Crippen LogP contribution in [0.1, 0.15) is 21.0 Å². The number of aromatic nitrogens is 2. The van der Waals surface area contributed by atoms with Gasteiger partial charge in [-0.05, 0) is 36.4 Å². The molecule has 4 heterocycles. The highest BCUT2D eigenvalue weighted by Crippen LogP contribution is 2.35. The van der Waals surface area contributed by atoms with Gasteiger partial charge in [0, 0.05) is 40.7 Å². The van der Waals surface area contributed by atoms with Crippen LogP contribution in [0.2, 0.25) is 0 Å². The number of H-pyrrole nitrogens is 2. The van der Waals surface area contributed by atoms with Crippen LogP contribution in [0.15, 0.2) is 78.9 Å². The summed E-state index contributed by atoms with van der Waals surface area (Å²) in [5.41, 5.74) is 1.92. The highest BCUT2D eigenvalue weighted by atomic mass is 16.7. The summed E-state index contributed by atoms with van der Waals surface area (Å²) in [5, 5.41) is 14.4. The highest BCUT2D eigenvalue weighted by Gasteiger charge is 2.53. The Morgan fingerprint density at radius 3 is 2.02 bits per heavy atom. The van der Waals surface area contributed by atoms with Gasteiger partial charge < -0.3 is 48.2 Å². The first-order chi connectivity index (χ1) is 22.9. The fourth-order valence-corrected chi connectivity index (χ4v) is 5.60. The monoisotopic (exact) mass is 643 g/mol. The number of hydrogen-bond donors (Lipinski definition) is 4. The number of para-hydroxylation sites is 2. The predicted octanol–water partition coefficient (Wildman–Crippen LogP) is 4.11. The van der Waals surface area contributed by atoms with Crippen LogP contribution in [0.5, 0.6) is 11.5 Å². The fraction of sp³-hybridized carbons (Fsp3) is 0.242. The van der Waals surface area contributed by atoms with Crippen LogP contribution >= 0.6 is 0 Å². The Kier molecular flexibility index (Phi) is 8.12. The molecule has 14 heteroatoms. The summed E-state index contributed by atoms with van der Waals surface area (Å²) < 4.78 is 39.6. The van der Waals surface area contributed by atoms with Crippen LogP contribution in [0.3, 0.4) is 0 Å². The number of rotatable bonds is 8. The number of aromatic amines is 2. The number of carbonyl (C=O) groups excluding carboxylic acids is 3. The van der Waals surface area contributed by atoms with E-state index in [2.05, 4.69) is 15.3 Å². The quantitative estimate of drug-likeness (QED) is 0.141. The third-order valence-corrected chi connectivity index (χ3v) is 7.85. The van der Waals surface area contributed by atoms with Crippen molar-refractivity contribution in [3.05, 3.63) is 90.3 Å². The summed E-state index contributed by atoms with van der Waals surface area (Å²) in [6.07, 6.45) is -7.95. The smallest absolute Gasteiger partial charge is 0.412 e. The van der Waals surface area contributed by atoms with Gasteiger partial charge in [0.05, 0.1) is 6.61 Å². The molecule has 2 aliphatic rings. The van der Waals surface area contributed by atoms with Crippen LogP contribution in [0.25, 0.3) is 21.8 Å². The van der Waals surface area contributed by atoms with Gasteiger partial charge in [-0.3, -0.25) is 5.32 Å². The van der Waals surface area contributed by atoms with Crippen LogP contribution in [-0.2, 0) is 23.7 Å². The van der Waals surface area contributed by atoms with Gasteiger partial charge in [-0.15, -0.1) is 0 Å². The van der Waals surface area contributed by atoms with Gasteiger partial charge in [-0.1, -0.05) is 36.4 Å². The third-order valence-electron chi connectivity index (χ3n) is 7.85. The number of amides is 1. The molecule has 0 radical (unpaired) electrons. The number of ether oxygens (including phenoxy) is 7. The summed E-state index contributed by atoms with van der Waals surface area (Å²) in [4.78, 5) is 46.3. The molecule has 2 aliphatic heterocycles. The second-order valence-electron chi connectivity index (χ2n) is 10.8. The minimum absolute atomic E-state index is 0.0452. The zero-order chi connectivity index (χ0) is 32.5. The highest BCUT2D eigenvalue weighted by molar-refractivity contribution is 5.96. The van der Waals surface area contributed by atoms with Gasteiger partial charge in [-0.2, -0.15) is 0 Å². The first-order valence-corrected chi connectivity index (χ1v) is 14.6. The molecule has 2 aromatic heterocycles. The normalized spacial score (nSPS) is 21.8. The second-order valence-corrected chi connectivity index (χ2v) is 10.8. The molecule has 0 spiro atoms. The van der Waals surface area contributed by atoms with Crippen molar-refractivity contribution in [2.45, 2.75) is 30.7 Å². The van der Waals surface area contributed by atoms with Crippen LogP contribution < -0.4 is 14.8 Å². The number of benzene rings is 3. The van der Waals surface area contributed by atoms with E-state index in [0.29, 0.717) is 28.2 Å². The number of nitrogens with one attached hydrogen (secondary N) is 3. The average Bonchev–Trinajstić information content (AvgIpc) is 3.84. The van der Waals surface area contributed by atoms with Crippen molar-refractivity contribution < 1.29 is 52.6 Å². The second kappa shape index (κ2) is 12.7. The van der Waals surface area contributed by atoms with Crippen molar-refractivity contribution in [1.82, 2.24) is 9.97 Å². The van der Waals surface area contributed by atoms with Crippen LogP contribution in [-0.4, -0.2) is 84.3 Å². The Balaban J connectivity index is 1.19. The van der Waals surface area contributed by atoms with Gasteiger partial charge in [0.2, 0.25) is 6.79 Å². The maximum atomic E-state index is 13.6. The standard InChI is InChI=1S/C33H29N3O11/c1-41-32-29(46-31(39)23-13-18-7-3-5-9-21(18)36-23)28(45-30(38)22-12-17-6-2-4-8-20(17)35-22)27(26(15-37)44-32)47-33(40)34-19-10-11-24-25(14-19)43-16-42-24/h2-14,26-29,32,35-37H,15-16H2,1H3,(H,34,40)/t26-,27-,28+,29-,32+/m1/s1. The molecule has 7 rings (SSSR count). The maximum absolute atomic E-state index is 13.6. The number of aliphatic hydroxyl groups is 1. The van der Waals surface area contributed by atoms with Crippen molar-refractivity contribution in [3.63, 3.8) is 0 Å². The Hall–Kier alpha value is -5.57. The molecule has 5 aromatic rings. The summed E-state index contributed by atoms with van der Waals surface area (Å²) in [7, 11) is 1.30. The van der Waals surface area contributed by atoms with E-state index in [1.54, 1.807) is 42.5 Å². The molecule has 1 amide bonds. The number of carbonyl (C=O) groups is 3. The van der Waals surface area contributed by atoms with Crippen molar-refractivity contribution in [1.29, 1.82) is 0 Å². The molecule has 0 bridgehead atoms. The lowest BCUT2D eigenvalue weighted by molar-refractivity contribution is -0.291. The molecular formula is C33H29N3O11. The molecular weight excluding hydrogens is 614 g/mol. The van der Waals surface area contributed by atoms with Gasteiger partial charge in [0.1, 0.15) is 17.5 Å². The number of anilines is 1. The Morgan fingerprint density at radius 2 is 1.40 bits per heavy atom. The number of methoxy groups -OCH3 is 1. The molecule has 0 unspecified atom stereocenters. The third kappa shape index (κ3) is 6.04. The molecule has 0 aliphatic carbocycles. The number of esters is 2.